The van der Waals surface area contributed by atoms with Gasteiger partial charge in [-0.2, -0.15) is 0 Å². The number of ether oxygens (including phenoxy) is 1. The van der Waals surface area contributed by atoms with Crippen molar-refractivity contribution in [2.75, 3.05) is 6.54 Å². The standard InChI is InChI=1S/C22H20Cl2FNO4/c23-15-5-3-13(4-6-15)20-21(14-7-16(24)9-17(25)8-14)30-18(10-19(27)28)22(29)26(20)11-12-1-2-12/h3-9,12,18,20-21H,1-2,10-11H2,(H,27,28)/t18-,20-,21-/m1/s1. The Morgan fingerprint density at radius 3 is 2.40 bits per heavy atom. The lowest BCUT2D eigenvalue weighted by Crippen LogP contribution is -2.52. The van der Waals surface area contributed by atoms with Gasteiger partial charge in [-0.25, -0.2) is 4.39 Å². The predicted octanol–water partition coefficient (Wildman–Crippen LogP) is 5.03. The fourth-order valence-corrected chi connectivity index (χ4v) is 4.24. The second kappa shape index (κ2) is 8.53. The van der Waals surface area contributed by atoms with Crippen molar-refractivity contribution in [2.45, 2.75) is 37.5 Å². The maximum atomic E-state index is 14.1. The van der Waals surface area contributed by atoms with Gasteiger partial charge in [0.15, 0.2) is 0 Å². The van der Waals surface area contributed by atoms with E-state index in [0.717, 1.165) is 18.4 Å². The largest absolute Gasteiger partial charge is 0.481 e. The molecule has 30 heavy (non-hydrogen) atoms. The van der Waals surface area contributed by atoms with Crippen LogP contribution in [0.5, 0.6) is 0 Å². The van der Waals surface area contributed by atoms with Crippen molar-refractivity contribution in [1.29, 1.82) is 0 Å². The molecular weight excluding hydrogens is 432 g/mol. The summed E-state index contributed by atoms with van der Waals surface area (Å²) < 4.78 is 20.1. The van der Waals surface area contributed by atoms with Crippen molar-refractivity contribution in [3.8, 4) is 0 Å². The third kappa shape index (κ3) is 4.61. The number of carboxylic acids is 1. The van der Waals surface area contributed by atoms with Gasteiger partial charge in [0.05, 0.1) is 12.5 Å². The highest BCUT2D eigenvalue weighted by atomic mass is 35.5. The summed E-state index contributed by atoms with van der Waals surface area (Å²) >= 11 is 12.1. The number of halogens is 3. The summed E-state index contributed by atoms with van der Waals surface area (Å²) in [6.07, 6.45) is -0.375. The maximum Gasteiger partial charge on any atom is 0.306 e. The van der Waals surface area contributed by atoms with Gasteiger partial charge in [0.2, 0.25) is 0 Å². The molecule has 1 saturated carbocycles. The van der Waals surface area contributed by atoms with Crippen LogP contribution < -0.4 is 0 Å². The van der Waals surface area contributed by atoms with Gasteiger partial charge in [-0.15, -0.1) is 0 Å². The molecule has 0 bridgehead atoms. The normalized spacial score (nSPS) is 24.2. The van der Waals surface area contributed by atoms with Crippen LogP contribution in [-0.2, 0) is 14.3 Å². The zero-order valence-electron chi connectivity index (χ0n) is 15.9. The first kappa shape index (κ1) is 21.1. The molecule has 1 N–H and O–H groups in total. The van der Waals surface area contributed by atoms with E-state index in [4.69, 9.17) is 27.9 Å². The summed E-state index contributed by atoms with van der Waals surface area (Å²) in [5.41, 5.74) is 1.22. The van der Waals surface area contributed by atoms with Gasteiger partial charge in [-0.3, -0.25) is 9.59 Å². The Balaban J connectivity index is 1.81. The molecule has 2 aliphatic rings. The van der Waals surface area contributed by atoms with E-state index < -0.39 is 36.5 Å². The van der Waals surface area contributed by atoms with E-state index in [1.807, 2.05) is 0 Å². The SMILES string of the molecule is O=C(O)C[C@H]1O[C@H](c2cc(F)cc(Cl)c2)[C@@H](c2ccc(Cl)cc2)N(CC2CC2)C1=O. The van der Waals surface area contributed by atoms with Crippen LogP contribution in [0.1, 0.15) is 42.5 Å². The van der Waals surface area contributed by atoms with E-state index >= 15 is 0 Å². The van der Waals surface area contributed by atoms with E-state index in [9.17, 15) is 19.1 Å². The highest BCUT2D eigenvalue weighted by molar-refractivity contribution is 6.30. The van der Waals surface area contributed by atoms with Crippen molar-refractivity contribution in [1.82, 2.24) is 4.90 Å². The van der Waals surface area contributed by atoms with Crippen LogP contribution in [0.15, 0.2) is 42.5 Å². The molecule has 4 rings (SSSR count). The van der Waals surface area contributed by atoms with Crippen molar-refractivity contribution in [2.24, 2.45) is 5.92 Å². The Morgan fingerprint density at radius 2 is 1.80 bits per heavy atom. The van der Waals surface area contributed by atoms with Crippen LogP contribution in [0.2, 0.25) is 10.0 Å². The van der Waals surface area contributed by atoms with Crippen LogP contribution in [0.3, 0.4) is 0 Å². The molecule has 1 amide bonds. The summed E-state index contributed by atoms with van der Waals surface area (Å²) in [5, 5.41) is 10.0. The minimum Gasteiger partial charge on any atom is -0.481 e. The number of amides is 1. The lowest BCUT2D eigenvalue weighted by Gasteiger charge is -2.45. The van der Waals surface area contributed by atoms with E-state index in [1.165, 1.54) is 12.1 Å². The molecule has 3 atom stereocenters. The first-order chi connectivity index (χ1) is 14.3. The lowest BCUT2D eigenvalue weighted by atomic mass is 9.91. The number of hydrogen-bond acceptors (Lipinski definition) is 3. The van der Waals surface area contributed by atoms with Gasteiger partial charge in [0.25, 0.3) is 5.91 Å². The van der Waals surface area contributed by atoms with Crippen LogP contribution in [0.4, 0.5) is 4.39 Å². The molecule has 0 radical (unpaired) electrons. The van der Waals surface area contributed by atoms with E-state index in [0.29, 0.717) is 23.0 Å². The van der Waals surface area contributed by atoms with Gasteiger partial charge < -0.3 is 14.7 Å². The molecule has 8 heteroatoms. The average molecular weight is 452 g/mol. The fraction of sp³-hybridized carbons (Fsp3) is 0.364. The number of benzene rings is 2. The minimum atomic E-state index is -1.16. The molecule has 2 aromatic rings. The summed E-state index contributed by atoms with van der Waals surface area (Å²) in [7, 11) is 0. The molecule has 2 aromatic carbocycles. The zero-order valence-corrected chi connectivity index (χ0v) is 17.4. The van der Waals surface area contributed by atoms with Crippen LogP contribution in [0, 0.1) is 11.7 Å². The van der Waals surface area contributed by atoms with Gasteiger partial charge in [-0.1, -0.05) is 35.3 Å². The average Bonchev–Trinajstić information content (AvgIpc) is 3.49. The zero-order chi connectivity index (χ0) is 21.4. The fourth-order valence-electron chi connectivity index (χ4n) is 3.89. The summed E-state index contributed by atoms with van der Waals surface area (Å²) in [6, 6.07) is 10.6. The maximum absolute atomic E-state index is 14.1. The smallest absolute Gasteiger partial charge is 0.306 e. The highest BCUT2D eigenvalue weighted by Crippen LogP contribution is 2.45. The number of carboxylic acid groups (broad SMARTS) is 1. The molecule has 1 aliphatic heterocycles. The second-order valence-electron chi connectivity index (χ2n) is 7.78. The number of nitrogens with zero attached hydrogens (tertiary/aromatic N) is 1. The Bertz CT molecular complexity index is 944. The number of rotatable bonds is 6. The molecular formula is C22H20Cl2FNO4. The first-order valence-electron chi connectivity index (χ1n) is 9.71. The number of carbonyl (C=O) groups is 2. The molecule has 1 saturated heterocycles. The van der Waals surface area contributed by atoms with E-state index in [2.05, 4.69) is 0 Å². The van der Waals surface area contributed by atoms with Crippen molar-refractivity contribution in [3.63, 3.8) is 0 Å². The monoisotopic (exact) mass is 451 g/mol. The topological polar surface area (TPSA) is 66.8 Å². The number of aliphatic carboxylic acids is 1. The van der Waals surface area contributed by atoms with Crippen molar-refractivity contribution in [3.05, 3.63) is 69.5 Å². The number of carbonyl (C=O) groups excluding carboxylic acids is 1. The molecule has 1 aliphatic carbocycles. The lowest BCUT2D eigenvalue weighted by molar-refractivity contribution is -0.179. The van der Waals surface area contributed by atoms with Crippen molar-refractivity contribution >= 4 is 35.1 Å². The Labute approximate surface area is 183 Å². The highest BCUT2D eigenvalue weighted by Gasteiger charge is 2.46. The molecule has 0 spiro atoms. The first-order valence-corrected chi connectivity index (χ1v) is 10.5. The van der Waals surface area contributed by atoms with Crippen LogP contribution in [-0.4, -0.2) is 34.5 Å². The van der Waals surface area contributed by atoms with E-state index in [-0.39, 0.29) is 10.9 Å². The Kier molecular flexibility index (Phi) is 6.00. The quantitative estimate of drug-likeness (QED) is 0.668. The Morgan fingerprint density at radius 1 is 1.10 bits per heavy atom. The number of morpholine rings is 1. The molecule has 1 heterocycles. The van der Waals surface area contributed by atoms with E-state index in [1.54, 1.807) is 35.2 Å². The van der Waals surface area contributed by atoms with Gasteiger partial charge in [0.1, 0.15) is 18.0 Å². The second-order valence-corrected chi connectivity index (χ2v) is 8.65. The third-order valence-electron chi connectivity index (χ3n) is 5.43. The van der Waals surface area contributed by atoms with Gasteiger partial charge in [-0.05, 0) is 60.2 Å². The summed E-state index contributed by atoms with van der Waals surface area (Å²) in [5.74, 6) is -1.68. The third-order valence-corrected chi connectivity index (χ3v) is 5.90. The van der Waals surface area contributed by atoms with Crippen molar-refractivity contribution < 1.29 is 23.8 Å². The molecule has 2 fully saturated rings. The summed E-state index contributed by atoms with van der Waals surface area (Å²) in [4.78, 5) is 26.2. The van der Waals surface area contributed by atoms with Crippen LogP contribution in [0.25, 0.3) is 0 Å². The summed E-state index contributed by atoms with van der Waals surface area (Å²) in [6.45, 7) is 0.491. The van der Waals surface area contributed by atoms with Crippen LogP contribution >= 0.6 is 23.2 Å². The Hall–Kier alpha value is -2.15. The molecule has 5 nitrogen and oxygen atoms in total. The molecule has 0 unspecified atom stereocenters. The molecule has 0 aromatic heterocycles. The van der Waals surface area contributed by atoms with Gasteiger partial charge >= 0.3 is 5.97 Å². The number of hydrogen-bond donors (Lipinski definition) is 1. The predicted molar refractivity (Wildman–Crippen MR) is 110 cm³/mol. The van der Waals surface area contributed by atoms with Gasteiger partial charge in [0, 0.05) is 16.6 Å². The molecule has 158 valence electrons. The minimum absolute atomic E-state index is 0.198.